The van der Waals surface area contributed by atoms with Gasteiger partial charge in [0.15, 0.2) is 0 Å². The van der Waals surface area contributed by atoms with Gasteiger partial charge in [0.05, 0.1) is 11.5 Å². The molecule has 0 saturated carbocycles. The first-order valence-corrected chi connectivity index (χ1v) is 7.21. The number of hydrogen-bond acceptors (Lipinski definition) is 4. The zero-order valence-corrected chi connectivity index (χ0v) is 13.8. The quantitative estimate of drug-likeness (QED) is 0.619. The highest BCUT2D eigenvalue weighted by Crippen LogP contribution is 2.29. The third kappa shape index (κ3) is 4.93. The molecule has 0 saturated heterocycles. The molecule has 0 N–H and O–H groups in total. The van der Waals surface area contributed by atoms with Gasteiger partial charge >= 0.3 is 5.97 Å². The van der Waals surface area contributed by atoms with E-state index in [-0.39, 0.29) is 12.4 Å². The van der Waals surface area contributed by atoms with Crippen LogP contribution in [-0.2, 0) is 14.9 Å². The van der Waals surface area contributed by atoms with Gasteiger partial charge in [-0.2, -0.15) is 5.26 Å². The van der Waals surface area contributed by atoms with Crippen molar-refractivity contribution >= 4 is 21.9 Å². The molecular formula is C15H19BrN2O2. The van der Waals surface area contributed by atoms with Crippen molar-refractivity contribution in [3.63, 3.8) is 0 Å². The maximum Gasteiger partial charge on any atom is 0.306 e. The molecule has 4 nitrogen and oxygen atoms in total. The van der Waals surface area contributed by atoms with Gasteiger partial charge in [0, 0.05) is 12.6 Å². The van der Waals surface area contributed by atoms with E-state index >= 15 is 0 Å². The van der Waals surface area contributed by atoms with Crippen LogP contribution in [0.1, 0.15) is 46.1 Å². The molecule has 1 atom stereocenters. The minimum atomic E-state index is -0.745. The van der Waals surface area contributed by atoms with Crippen LogP contribution in [0.2, 0.25) is 0 Å². The second kappa shape index (κ2) is 6.36. The molecule has 1 rings (SSSR count). The summed E-state index contributed by atoms with van der Waals surface area (Å²) in [5.41, 5.74) is -0.448. The van der Waals surface area contributed by atoms with Gasteiger partial charge in [-0.05, 0) is 61.7 Å². The standard InChI is InChI=1S/C15H19BrN2O2/c1-14(2,3)20-13(19)7-8-15(4,10-17)11-5-6-12(16)18-9-11/h5-6,9H,7-8H2,1-4H3. The highest BCUT2D eigenvalue weighted by Gasteiger charge is 2.28. The fraction of sp³-hybridized carbons (Fsp3) is 0.533. The zero-order chi connectivity index (χ0) is 15.4. The van der Waals surface area contributed by atoms with E-state index in [1.165, 1.54) is 0 Å². The van der Waals surface area contributed by atoms with Crippen LogP contribution in [0.25, 0.3) is 0 Å². The number of halogens is 1. The van der Waals surface area contributed by atoms with Gasteiger partial charge in [-0.15, -0.1) is 0 Å². The Bertz CT molecular complexity index is 514. The van der Waals surface area contributed by atoms with Gasteiger partial charge in [-0.1, -0.05) is 6.07 Å². The highest BCUT2D eigenvalue weighted by atomic mass is 79.9. The summed E-state index contributed by atoms with van der Waals surface area (Å²) in [6, 6.07) is 5.90. The van der Waals surface area contributed by atoms with Crippen molar-refractivity contribution in [1.82, 2.24) is 4.98 Å². The number of carbonyl (C=O) groups excluding carboxylic acids is 1. The van der Waals surface area contributed by atoms with Crippen LogP contribution in [0, 0.1) is 11.3 Å². The Morgan fingerprint density at radius 3 is 2.50 bits per heavy atom. The van der Waals surface area contributed by atoms with Crippen molar-refractivity contribution in [2.75, 3.05) is 0 Å². The lowest BCUT2D eigenvalue weighted by Crippen LogP contribution is -2.26. The predicted octanol–water partition coefficient (Wildman–Crippen LogP) is 3.75. The van der Waals surface area contributed by atoms with Gasteiger partial charge in [0.2, 0.25) is 0 Å². The maximum atomic E-state index is 11.8. The first-order chi connectivity index (χ1) is 9.16. The van der Waals surface area contributed by atoms with E-state index in [2.05, 4.69) is 27.0 Å². The lowest BCUT2D eigenvalue weighted by atomic mass is 9.81. The largest absolute Gasteiger partial charge is 0.460 e. The van der Waals surface area contributed by atoms with Gasteiger partial charge in [-0.25, -0.2) is 4.98 Å². The summed E-state index contributed by atoms with van der Waals surface area (Å²) < 4.78 is 5.98. The summed E-state index contributed by atoms with van der Waals surface area (Å²) in [6.45, 7) is 7.29. The van der Waals surface area contributed by atoms with E-state index in [1.807, 2.05) is 33.8 Å². The molecule has 0 bridgehead atoms. The third-order valence-corrected chi connectivity index (χ3v) is 3.33. The van der Waals surface area contributed by atoms with E-state index in [1.54, 1.807) is 12.3 Å². The lowest BCUT2D eigenvalue weighted by molar-refractivity contribution is -0.155. The molecule has 5 heteroatoms. The Morgan fingerprint density at radius 2 is 2.05 bits per heavy atom. The van der Waals surface area contributed by atoms with Gasteiger partial charge in [0.1, 0.15) is 10.2 Å². The Labute approximate surface area is 128 Å². The molecule has 0 aromatic carbocycles. The Hall–Kier alpha value is -1.41. The molecule has 1 aromatic heterocycles. The Kier molecular flexibility index (Phi) is 5.29. The van der Waals surface area contributed by atoms with Crippen LogP contribution in [0.15, 0.2) is 22.9 Å². The number of ether oxygens (including phenoxy) is 1. The summed E-state index contributed by atoms with van der Waals surface area (Å²) in [7, 11) is 0. The maximum absolute atomic E-state index is 11.8. The molecule has 0 spiro atoms. The lowest BCUT2D eigenvalue weighted by Gasteiger charge is -2.23. The van der Waals surface area contributed by atoms with Crippen molar-refractivity contribution in [3.8, 4) is 6.07 Å². The molecular weight excluding hydrogens is 320 g/mol. The van der Waals surface area contributed by atoms with Crippen LogP contribution in [-0.4, -0.2) is 16.6 Å². The van der Waals surface area contributed by atoms with Crippen molar-refractivity contribution in [3.05, 3.63) is 28.5 Å². The SMILES string of the molecule is CC(C)(C)OC(=O)CCC(C)(C#N)c1ccc(Br)nc1. The molecule has 108 valence electrons. The molecule has 1 unspecified atom stereocenters. The van der Waals surface area contributed by atoms with Gasteiger partial charge in [-0.3, -0.25) is 4.79 Å². The van der Waals surface area contributed by atoms with Crippen molar-refractivity contribution < 1.29 is 9.53 Å². The molecule has 20 heavy (non-hydrogen) atoms. The Morgan fingerprint density at radius 1 is 1.40 bits per heavy atom. The van der Waals surface area contributed by atoms with Crippen molar-refractivity contribution in [2.45, 2.75) is 51.6 Å². The minimum absolute atomic E-state index is 0.206. The molecule has 0 radical (unpaired) electrons. The Balaban J connectivity index is 2.74. The molecule has 0 aliphatic rings. The average Bonchev–Trinajstić information content (AvgIpc) is 2.35. The van der Waals surface area contributed by atoms with Crippen LogP contribution in [0.5, 0.6) is 0 Å². The van der Waals surface area contributed by atoms with Crippen LogP contribution >= 0.6 is 15.9 Å². The first-order valence-electron chi connectivity index (χ1n) is 6.41. The van der Waals surface area contributed by atoms with Crippen molar-refractivity contribution in [2.24, 2.45) is 0 Å². The topological polar surface area (TPSA) is 63.0 Å². The second-order valence-electron chi connectivity index (χ2n) is 5.90. The molecule has 0 aliphatic carbocycles. The zero-order valence-electron chi connectivity index (χ0n) is 12.2. The average molecular weight is 339 g/mol. The van der Waals surface area contributed by atoms with Gasteiger partial charge < -0.3 is 4.74 Å². The minimum Gasteiger partial charge on any atom is -0.460 e. The van der Waals surface area contributed by atoms with E-state index in [0.29, 0.717) is 11.0 Å². The smallest absolute Gasteiger partial charge is 0.306 e. The number of pyridine rings is 1. The first kappa shape index (κ1) is 16.6. The summed E-state index contributed by atoms with van der Waals surface area (Å²) in [4.78, 5) is 15.9. The monoisotopic (exact) mass is 338 g/mol. The number of nitriles is 1. The number of esters is 1. The molecule has 1 heterocycles. The summed E-state index contributed by atoms with van der Waals surface area (Å²) >= 11 is 3.26. The number of hydrogen-bond donors (Lipinski definition) is 0. The fourth-order valence-electron chi connectivity index (χ4n) is 1.71. The summed E-state index contributed by atoms with van der Waals surface area (Å²) in [5.74, 6) is -0.288. The number of aromatic nitrogens is 1. The van der Waals surface area contributed by atoms with Gasteiger partial charge in [0.25, 0.3) is 0 Å². The van der Waals surface area contributed by atoms with Crippen LogP contribution in [0.4, 0.5) is 0 Å². The molecule has 0 aliphatic heterocycles. The summed E-state index contributed by atoms with van der Waals surface area (Å²) in [5, 5.41) is 9.41. The number of carbonyl (C=O) groups is 1. The highest BCUT2D eigenvalue weighted by molar-refractivity contribution is 9.10. The third-order valence-electron chi connectivity index (χ3n) is 2.86. The van der Waals surface area contributed by atoms with E-state index < -0.39 is 11.0 Å². The van der Waals surface area contributed by atoms with E-state index in [0.717, 1.165) is 5.56 Å². The van der Waals surface area contributed by atoms with E-state index in [9.17, 15) is 10.1 Å². The second-order valence-corrected chi connectivity index (χ2v) is 6.71. The normalized spacial score (nSPS) is 14.2. The predicted molar refractivity (Wildman–Crippen MR) is 80.0 cm³/mol. The van der Waals surface area contributed by atoms with Crippen LogP contribution in [0.3, 0.4) is 0 Å². The summed E-state index contributed by atoms with van der Waals surface area (Å²) in [6.07, 6.45) is 2.27. The molecule has 0 fully saturated rings. The van der Waals surface area contributed by atoms with Crippen molar-refractivity contribution in [1.29, 1.82) is 5.26 Å². The molecule has 1 aromatic rings. The van der Waals surface area contributed by atoms with Crippen LogP contribution < -0.4 is 0 Å². The number of nitrogens with zero attached hydrogens (tertiary/aromatic N) is 2. The van der Waals surface area contributed by atoms with E-state index in [4.69, 9.17) is 4.74 Å². The molecule has 0 amide bonds. The number of rotatable bonds is 4. The fourth-order valence-corrected chi connectivity index (χ4v) is 1.95.